The summed E-state index contributed by atoms with van der Waals surface area (Å²) in [4.78, 5) is 30.5. The molecular formula is C19H18Cl3N3O3. The van der Waals surface area contributed by atoms with E-state index in [9.17, 15) is 9.59 Å². The summed E-state index contributed by atoms with van der Waals surface area (Å²) in [6.45, 7) is 0.834. The number of aromatic nitrogens is 1. The van der Waals surface area contributed by atoms with Crippen molar-refractivity contribution in [2.75, 3.05) is 25.0 Å². The maximum atomic E-state index is 12.4. The van der Waals surface area contributed by atoms with E-state index >= 15 is 0 Å². The Hall–Kier alpha value is -2.02. The molecule has 9 heteroatoms. The molecule has 0 atom stereocenters. The fourth-order valence-corrected chi connectivity index (χ4v) is 3.33. The quantitative estimate of drug-likeness (QED) is 0.749. The van der Waals surface area contributed by atoms with Gasteiger partial charge >= 0.3 is 0 Å². The van der Waals surface area contributed by atoms with E-state index in [1.54, 1.807) is 35.2 Å². The Bertz CT molecular complexity index is 853. The molecule has 1 aliphatic rings. The van der Waals surface area contributed by atoms with Crippen molar-refractivity contribution in [1.29, 1.82) is 0 Å². The third-order valence-electron chi connectivity index (χ3n) is 4.44. The second-order valence-corrected chi connectivity index (χ2v) is 7.65. The highest BCUT2D eigenvalue weighted by molar-refractivity contribution is 6.34. The number of likely N-dealkylation sites (tertiary alicyclic amines) is 1. The molecule has 3 rings (SSSR count). The lowest BCUT2D eigenvalue weighted by Gasteiger charge is -2.31. The predicted molar refractivity (Wildman–Crippen MR) is 109 cm³/mol. The number of nitrogens with zero attached hydrogens (tertiary/aromatic N) is 2. The minimum Gasteiger partial charge on any atom is -0.482 e. The van der Waals surface area contributed by atoms with Crippen LogP contribution in [0, 0.1) is 5.92 Å². The number of carbonyl (C=O) groups excluding carboxylic acids is 2. The van der Waals surface area contributed by atoms with Gasteiger partial charge in [-0.05, 0) is 37.1 Å². The number of pyridine rings is 1. The molecule has 1 aliphatic heterocycles. The minimum absolute atomic E-state index is 0.108. The first-order valence-electron chi connectivity index (χ1n) is 8.70. The van der Waals surface area contributed by atoms with Crippen LogP contribution in [0.25, 0.3) is 0 Å². The number of halogens is 3. The van der Waals surface area contributed by atoms with Gasteiger partial charge < -0.3 is 15.0 Å². The Morgan fingerprint density at radius 3 is 2.50 bits per heavy atom. The molecule has 1 N–H and O–H groups in total. The van der Waals surface area contributed by atoms with E-state index in [0.717, 1.165) is 0 Å². The molecule has 148 valence electrons. The van der Waals surface area contributed by atoms with E-state index in [0.29, 0.717) is 52.6 Å². The van der Waals surface area contributed by atoms with Crippen LogP contribution in [0.4, 0.5) is 5.82 Å². The molecule has 1 fully saturated rings. The van der Waals surface area contributed by atoms with Crippen molar-refractivity contribution < 1.29 is 14.3 Å². The van der Waals surface area contributed by atoms with Crippen LogP contribution >= 0.6 is 34.8 Å². The molecule has 2 aromatic rings. The molecular weight excluding hydrogens is 425 g/mol. The van der Waals surface area contributed by atoms with Gasteiger partial charge in [0.05, 0.1) is 10.0 Å². The lowest BCUT2D eigenvalue weighted by atomic mass is 9.96. The summed E-state index contributed by atoms with van der Waals surface area (Å²) >= 11 is 17.7. The van der Waals surface area contributed by atoms with E-state index in [1.807, 2.05) is 0 Å². The Balaban J connectivity index is 1.46. The molecule has 1 aromatic heterocycles. The van der Waals surface area contributed by atoms with Crippen molar-refractivity contribution in [3.05, 3.63) is 51.6 Å². The van der Waals surface area contributed by atoms with E-state index in [4.69, 9.17) is 39.5 Å². The molecule has 28 heavy (non-hydrogen) atoms. The average molecular weight is 443 g/mol. The highest BCUT2D eigenvalue weighted by Crippen LogP contribution is 2.28. The van der Waals surface area contributed by atoms with Crippen molar-refractivity contribution in [2.24, 2.45) is 5.92 Å². The summed E-state index contributed by atoms with van der Waals surface area (Å²) in [5, 5.41) is 4.16. The number of hydrogen-bond acceptors (Lipinski definition) is 4. The first-order valence-corrected chi connectivity index (χ1v) is 9.84. The number of piperidine rings is 1. The van der Waals surface area contributed by atoms with E-state index < -0.39 is 0 Å². The Labute approximate surface area is 177 Å². The smallest absolute Gasteiger partial charge is 0.260 e. The third-order valence-corrected chi connectivity index (χ3v) is 5.21. The summed E-state index contributed by atoms with van der Waals surface area (Å²) in [5.74, 6) is 0.384. The Morgan fingerprint density at radius 1 is 1.11 bits per heavy atom. The Morgan fingerprint density at radius 2 is 1.82 bits per heavy atom. The molecule has 6 nitrogen and oxygen atoms in total. The highest BCUT2D eigenvalue weighted by atomic mass is 35.5. The van der Waals surface area contributed by atoms with Crippen LogP contribution in [-0.2, 0) is 9.59 Å². The van der Waals surface area contributed by atoms with Gasteiger partial charge in [-0.3, -0.25) is 9.59 Å². The number of benzene rings is 1. The standard InChI is InChI=1S/C19H18Cl3N3O3/c20-13-1-3-15(22)16(9-13)28-11-18(26)25-7-5-12(6-8-25)19(27)24-17-4-2-14(21)10-23-17/h1-4,9-10,12H,5-8,11H2,(H,23,24,27). The van der Waals surface area contributed by atoms with Crippen LogP contribution in [0.3, 0.4) is 0 Å². The predicted octanol–water partition coefficient (Wildman–Crippen LogP) is 4.30. The van der Waals surface area contributed by atoms with Crippen LogP contribution in [0.1, 0.15) is 12.8 Å². The van der Waals surface area contributed by atoms with Gasteiger partial charge in [0, 0.05) is 36.3 Å². The normalized spacial score (nSPS) is 14.6. The van der Waals surface area contributed by atoms with Crippen molar-refractivity contribution in [2.45, 2.75) is 12.8 Å². The molecule has 0 spiro atoms. The van der Waals surface area contributed by atoms with Gasteiger partial charge in [0.2, 0.25) is 5.91 Å². The van der Waals surface area contributed by atoms with Gasteiger partial charge in [-0.15, -0.1) is 0 Å². The minimum atomic E-state index is -0.176. The molecule has 1 aromatic carbocycles. The molecule has 0 aliphatic carbocycles. The lowest BCUT2D eigenvalue weighted by Crippen LogP contribution is -2.43. The number of anilines is 1. The number of amides is 2. The summed E-state index contributed by atoms with van der Waals surface area (Å²) in [5.41, 5.74) is 0. The number of nitrogens with one attached hydrogen (secondary N) is 1. The van der Waals surface area contributed by atoms with Crippen LogP contribution in [-0.4, -0.2) is 41.4 Å². The van der Waals surface area contributed by atoms with Gasteiger partial charge in [0.15, 0.2) is 6.61 Å². The second-order valence-electron chi connectivity index (χ2n) is 6.37. The van der Waals surface area contributed by atoms with E-state index in [-0.39, 0.29) is 24.3 Å². The van der Waals surface area contributed by atoms with Gasteiger partial charge in [0.25, 0.3) is 5.91 Å². The summed E-state index contributed by atoms with van der Waals surface area (Å²) in [6, 6.07) is 8.14. The molecule has 2 heterocycles. The first-order chi connectivity index (χ1) is 13.4. The average Bonchev–Trinajstić information content (AvgIpc) is 2.70. The van der Waals surface area contributed by atoms with Gasteiger partial charge in [0.1, 0.15) is 11.6 Å². The van der Waals surface area contributed by atoms with Crippen LogP contribution in [0.15, 0.2) is 36.5 Å². The fourth-order valence-electron chi connectivity index (χ4n) is 2.89. The zero-order chi connectivity index (χ0) is 20.1. The van der Waals surface area contributed by atoms with E-state index in [2.05, 4.69) is 10.3 Å². The fraction of sp³-hybridized carbons (Fsp3) is 0.316. The van der Waals surface area contributed by atoms with Crippen LogP contribution in [0.2, 0.25) is 15.1 Å². The summed E-state index contributed by atoms with van der Waals surface area (Å²) in [7, 11) is 0. The summed E-state index contributed by atoms with van der Waals surface area (Å²) in [6.07, 6.45) is 2.62. The van der Waals surface area contributed by atoms with Gasteiger partial charge in [-0.25, -0.2) is 4.98 Å². The van der Waals surface area contributed by atoms with E-state index in [1.165, 1.54) is 6.20 Å². The molecule has 2 amide bonds. The first kappa shape index (κ1) is 20.7. The van der Waals surface area contributed by atoms with Gasteiger partial charge in [-0.2, -0.15) is 0 Å². The molecule has 1 saturated heterocycles. The van der Waals surface area contributed by atoms with Crippen molar-refractivity contribution in [3.8, 4) is 5.75 Å². The Kier molecular flexibility index (Phi) is 6.99. The summed E-state index contributed by atoms with van der Waals surface area (Å²) < 4.78 is 5.49. The number of ether oxygens (including phenoxy) is 1. The lowest BCUT2D eigenvalue weighted by molar-refractivity contribution is -0.136. The van der Waals surface area contributed by atoms with Crippen LogP contribution < -0.4 is 10.1 Å². The third kappa shape index (κ3) is 5.50. The topological polar surface area (TPSA) is 71.5 Å². The monoisotopic (exact) mass is 441 g/mol. The zero-order valence-electron chi connectivity index (χ0n) is 14.8. The SMILES string of the molecule is O=C(Nc1ccc(Cl)cn1)C1CCN(C(=O)COc2cc(Cl)ccc2Cl)CC1. The molecule has 0 radical (unpaired) electrons. The second kappa shape index (κ2) is 9.45. The molecule has 0 bridgehead atoms. The van der Waals surface area contributed by atoms with Crippen LogP contribution in [0.5, 0.6) is 5.75 Å². The van der Waals surface area contributed by atoms with Gasteiger partial charge in [-0.1, -0.05) is 34.8 Å². The highest BCUT2D eigenvalue weighted by Gasteiger charge is 2.27. The maximum absolute atomic E-state index is 12.4. The molecule has 0 saturated carbocycles. The number of rotatable bonds is 5. The number of carbonyl (C=O) groups is 2. The van der Waals surface area contributed by atoms with Crippen molar-refractivity contribution in [1.82, 2.24) is 9.88 Å². The largest absolute Gasteiger partial charge is 0.482 e. The zero-order valence-corrected chi connectivity index (χ0v) is 17.1. The maximum Gasteiger partial charge on any atom is 0.260 e. The molecule has 0 unspecified atom stereocenters. The van der Waals surface area contributed by atoms with Crippen molar-refractivity contribution in [3.63, 3.8) is 0 Å². The number of hydrogen-bond donors (Lipinski definition) is 1. The van der Waals surface area contributed by atoms with Crippen molar-refractivity contribution >= 4 is 52.4 Å².